The van der Waals surface area contributed by atoms with E-state index in [0.717, 1.165) is 16.9 Å². The van der Waals surface area contributed by atoms with Gasteiger partial charge in [0.2, 0.25) is 0 Å². The third-order valence-corrected chi connectivity index (χ3v) is 4.77. The first-order valence-electron chi connectivity index (χ1n) is 8.95. The van der Waals surface area contributed by atoms with Crippen molar-refractivity contribution in [2.75, 3.05) is 10.6 Å². The molecule has 0 aliphatic heterocycles. The first-order chi connectivity index (χ1) is 12.2. The lowest BCUT2D eigenvalue weighted by Crippen LogP contribution is -2.22. The topological polar surface area (TPSA) is 47.8 Å². The van der Waals surface area contributed by atoms with Gasteiger partial charge in [-0.2, -0.15) is 5.26 Å². The SMILES string of the molecule is Cc1ccc(NC2CCCCC2)c(NCc2ccc(F)c(C#N)c2)c1. The minimum Gasteiger partial charge on any atom is -0.381 e. The Morgan fingerprint density at radius 2 is 1.88 bits per heavy atom. The number of benzene rings is 2. The molecular formula is C21H24FN3. The van der Waals surface area contributed by atoms with E-state index >= 15 is 0 Å². The molecule has 0 heterocycles. The average molecular weight is 337 g/mol. The molecule has 25 heavy (non-hydrogen) atoms. The summed E-state index contributed by atoms with van der Waals surface area (Å²) in [6.45, 7) is 2.62. The van der Waals surface area contributed by atoms with E-state index in [-0.39, 0.29) is 5.56 Å². The van der Waals surface area contributed by atoms with Gasteiger partial charge in [0.1, 0.15) is 11.9 Å². The molecule has 0 unspecified atom stereocenters. The van der Waals surface area contributed by atoms with E-state index in [2.05, 4.69) is 35.8 Å². The molecule has 0 bridgehead atoms. The van der Waals surface area contributed by atoms with Gasteiger partial charge in [0, 0.05) is 12.6 Å². The highest BCUT2D eigenvalue weighted by Crippen LogP contribution is 2.28. The standard InChI is InChI=1S/C21H24FN3/c1-15-7-10-20(25-18-5-3-2-4-6-18)21(11-15)24-14-16-8-9-19(22)17(12-16)13-23/h7-12,18,24-25H,2-6,14H2,1H3. The van der Waals surface area contributed by atoms with E-state index < -0.39 is 5.82 Å². The molecule has 3 nitrogen and oxygen atoms in total. The number of aryl methyl sites for hydroxylation is 1. The van der Waals surface area contributed by atoms with Gasteiger partial charge < -0.3 is 10.6 Å². The van der Waals surface area contributed by atoms with Gasteiger partial charge in [0.05, 0.1) is 16.9 Å². The van der Waals surface area contributed by atoms with Crippen molar-refractivity contribution in [3.63, 3.8) is 0 Å². The fourth-order valence-electron chi connectivity index (χ4n) is 3.36. The van der Waals surface area contributed by atoms with Gasteiger partial charge in [-0.3, -0.25) is 0 Å². The summed E-state index contributed by atoms with van der Waals surface area (Å²) in [5.41, 5.74) is 4.33. The summed E-state index contributed by atoms with van der Waals surface area (Å²) in [6, 6.07) is 13.5. The molecule has 4 heteroatoms. The molecule has 1 aliphatic rings. The third-order valence-electron chi connectivity index (χ3n) is 4.77. The molecular weight excluding hydrogens is 313 g/mol. The van der Waals surface area contributed by atoms with Crippen molar-refractivity contribution in [2.24, 2.45) is 0 Å². The van der Waals surface area contributed by atoms with Gasteiger partial charge in [-0.1, -0.05) is 31.4 Å². The molecule has 0 radical (unpaired) electrons. The quantitative estimate of drug-likeness (QED) is 0.772. The number of halogens is 1. The Hall–Kier alpha value is -2.54. The predicted octanol–water partition coefficient (Wildman–Crippen LogP) is 5.36. The normalized spacial score (nSPS) is 14.8. The zero-order valence-corrected chi connectivity index (χ0v) is 14.6. The molecule has 0 atom stereocenters. The van der Waals surface area contributed by atoms with Crippen LogP contribution in [-0.4, -0.2) is 6.04 Å². The Balaban J connectivity index is 1.72. The minimum atomic E-state index is -0.471. The number of anilines is 2. The molecule has 3 rings (SSSR count). The van der Waals surface area contributed by atoms with Gasteiger partial charge >= 0.3 is 0 Å². The van der Waals surface area contributed by atoms with Gasteiger partial charge in [0.25, 0.3) is 0 Å². The van der Waals surface area contributed by atoms with Crippen LogP contribution < -0.4 is 10.6 Å². The Morgan fingerprint density at radius 1 is 1.08 bits per heavy atom. The molecule has 2 aromatic carbocycles. The van der Waals surface area contributed by atoms with Crippen molar-refractivity contribution in [1.82, 2.24) is 0 Å². The van der Waals surface area contributed by atoms with Crippen LogP contribution in [0.2, 0.25) is 0 Å². The third kappa shape index (κ3) is 4.51. The van der Waals surface area contributed by atoms with Crippen LogP contribution in [0.5, 0.6) is 0 Å². The summed E-state index contributed by atoms with van der Waals surface area (Å²) in [5, 5.41) is 16.1. The van der Waals surface area contributed by atoms with E-state index in [4.69, 9.17) is 5.26 Å². The Bertz CT molecular complexity index is 773. The monoisotopic (exact) mass is 337 g/mol. The van der Waals surface area contributed by atoms with E-state index in [0.29, 0.717) is 12.6 Å². The smallest absolute Gasteiger partial charge is 0.140 e. The maximum atomic E-state index is 13.5. The van der Waals surface area contributed by atoms with Gasteiger partial charge in [-0.25, -0.2) is 4.39 Å². The molecule has 2 N–H and O–H groups in total. The van der Waals surface area contributed by atoms with Gasteiger partial charge in [-0.05, 0) is 55.2 Å². The van der Waals surface area contributed by atoms with Crippen molar-refractivity contribution < 1.29 is 4.39 Å². The lowest BCUT2D eigenvalue weighted by Gasteiger charge is -2.25. The van der Waals surface area contributed by atoms with Crippen LogP contribution in [0.1, 0.15) is 48.8 Å². The maximum Gasteiger partial charge on any atom is 0.140 e. The number of nitriles is 1. The summed E-state index contributed by atoms with van der Waals surface area (Å²) in [6.07, 6.45) is 6.36. The lowest BCUT2D eigenvalue weighted by atomic mass is 9.95. The fourth-order valence-corrected chi connectivity index (χ4v) is 3.36. The molecule has 0 aromatic heterocycles. The van der Waals surface area contributed by atoms with Crippen LogP contribution in [0.15, 0.2) is 36.4 Å². The van der Waals surface area contributed by atoms with Crippen LogP contribution >= 0.6 is 0 Å². The Morgan fingerprint density at radius 3 is 2.64 bits per heavy atom. The number of nitrogens with one attached hydrogen (secondary N) is 2. The Labute approximate surface area is 148 Å². The number of nitrogens with zero attached hydrogens (tertiary/aromatic N) is 1. The Kier molecular flexibility index (Phi) is 5.55. The van der Waals surface area contributed by atoms with Gasteiger partial charge in [0.15, 0.2) is 0 Å². The second-order valence-corrected chi connectivity index (χ2v) is 6.81. The molecule has 0 amide bonds. The number of rotatable bonds is 5. The molecule has 1 aliphatic carbocycles. The number of hydrogen-bond acceptors (Lipinski definition) is 3. The first kappa shape index (κ1) is 17.3. The van der Waals surface area contributed by atoms with E-state index in [1.165, 1.54) is 43.7 Å². The van der Waals surface area contributed by atoms with Crippen molar-refractivity contribution in [2.45, 2.75) is 51.6 Å². The van der Waals surface area contributed by atoms with E-state index in [1.807, 2.05) is 6.07 Å². The van der Waals surface area contributed by atoms with Crippen molar-refractivity contribution in [3.8, 4) is 6.07 Å². The van der Waals surface area contributed by atoms with Crippen LogP contribution in [0.25, 0.3) is 0 Å². The molecule has 0 saturated heterocycles. The highest BCUT2D eigenvalue weighted by atomic mass is 19.1. The largest absolute Gasteiger partial charge is 0.381 e. The average Bonchev–Trinajstić information content (AvgIpc) is 2.64. The van der Waals surface area contributed by atoms with Gasteiger partial charge in [-0.15, -0.1) is 0 Å². The summed E-state index contributed by atoms with van der Waals surface area (Å²) in [4.78, 5) is 0. The number of hydrogen-bond donors (Lipinski definition) is 2. The summed E-state index contributed by atoms with van der Waals surface area (Å²) < 4.78 is 13.5. The molecule has 130 valence electrons. The van der Waals surface area contributed by atoms with Crippen LogP contribution in [0.3, 0.4) is 0 Å². The second kappa shape index (κ2) is 8.02. The predicted molar refractivity (Wildman–Crippen MR) is 100 cm³/mol. The maximum absolute atomic E-state index is 13.5. The minimum absolute atomic E-state index is 0.0871. The highest BCUT2D eigenvalue weighted by Gasteiger charge is 2.14. The molecule has 1 saturated carbocycles. The molecule has 1 fully saturated rings. The zero-order valence-electron chi connectivity index (χ0n) is 14.6. The highest BCUT2D eigenvalue weighted by molar-refractivity contribution is 5.70. The van der Waals surface area contributed by atoms with Crippen LogP contribution in [-0.2, 0) is 6.54 Å². The van der Waals surface area contributed by atoms with Crippen molar-refractivity contribution >= 4 is 11.4 Å². The van der Waals surface area contributed by atoms with Crippen molar-refractivity contribution in [1.29, 1.82) is 5.26 Å². The lowest BCUT2D eigenvalue weighted by molar-refractivity contribution is 0.463. The fraction of sp³-hybridized carbons (Fsp3) is 0.381. The summed E-state index contributed by atoms with van der Waals surface area (Å²) >= 11 is 0. The van der Waals surface area contributed by atoms with Crippen LogP contribution in [0.4, 0.5) is 15.8 Å². The molecule has 2 aromatic rings. The zero-order chi connectivity index (χ0) is 17.6. The van der Waals surface area contributed by atoms with E-state index in [1.54, 1.807) is 12.1 Å². The summed E-state index contributed by atoms with van der Waals surface area (Å²) in [7, 11) is 0. The van der Waals surface area contributed by atoms with E-state index in [9.17, 15) is 4.39 Å². The first-order valence-corrected chi connectivity index (χ1v) is 8.95. The molecule has 0 spiro atoms. The van der Waals surface area contributed by atoms with Crippen LogP contribution in [0, 0.1) is 24.1 Å². The summed E-state index contributed by atoms with van der Waals surface area (Å²) in [5.74, 6) is -0.471. The van der Waals surface area contributed by atoms with Crippen molar-refractivity contribution in [3.05, 3.63) is 58.9 Å². The second-order valence-electron chi connectivity index (χ2n) is 6.81.